The van der Waals surface area contributed by atoms with Crippen LogP contribution in [-0.2, 0) is 0 Å². The SMILES string of the molecule is CCCC1CCC(C=Cc2ccc(-c3ccc(OCC)c(F)c3C(F)F)cc2F)CC1. The highest BCUT2D eigenvalue weighted by molar-refractivity contribution is 5.71. The third-order valence-corrected chi connectivity index (χ3v) is 6.11. The summed E-state index contributed by atoms with van der Waals surface area (Å²) in [5, 5.41) is 0. The summed E-state index contributed by atoms with van der Waals surface area (Å²) in [4.78, 5) is 0. The predicted octanol–water partition coefficient (Wildman–Crippen LogP) is 8.59. The standard InChI is InChI=1S/C26H30F4O/c1-3-5-17-6-8-18(9-7-17)10-11-19-12-13-20(16-22(19)27)21-14-15-23(31-4-2)25(28)24(21)26(29)30/h10-18,26H,3-9H2,1-2H3. The molecule has 0 bridgehead atoms. The molecule has 1 nitrogen and oxygen atoms in total. The van der Waals surface area contributed by atoms with Crippen LogP contribution >= 0.6 is 0 Å². The van der Waals surface area contributed by atoms with E-state index in [0.29, 0.717) is 11.5 Å². The minimum Gasteiger partial charge on any atom is -0.491 e. The van der Waals surface area contributed by atoms with E-state index in [9.17, 15) is 17.6 Å². The van der Waals surface area contributed by atoms with Crippen LogP contribution in [0.4, 0.5) is 17.6 Å². The lowest BCUT2D eigenvalue weighted by atomic mass is 9.80. The van der Waals surface area contributed by atoms with Crippen molar-refractivity contribution in [3.8, 4) is 16.9 Å². The first-order valence-electron chi connectivity index (χ1n) is 11.2. The van der Waals surface area contributed by atoms with Gasteiger partial charge in [0.05, 0.1) is 12.2 Å². The molecule has 0 unspecified atom stereocenters. The van der Waals surface area contributed by atoms with Crippen LogP contribution in [0.5, 0.6) is 5.75 Å². The van der Waals surface area contributed by atoms with E-state index in [0.717, 1.165) is 18.8 Å². The Morgan fingerprint density at radius 1 is 1.03 bits per heavy atom. The molecule has 0 aromatic heterocycles. The van der Waals surface area contributed by atoms with Gasteiger partial charge in [-0.05, 0) is 73.8 Å². The first kappa shape index (κ1) is 23.4. The van der Waals surface area contributed by atoms with E-state index in [2.05, 4.69) is 13.0 Å². The average Bonchev–Trinajstić information content (AvgIpc) is 2.75. The minimum atomic E-state index is -3.04. The van der Waals surface area contributed by atoms with Crippen LogP contribution in [0, 0.1) is 23.5 Å². The molecular weight excluding hydrogens is 404 g/mol. The van der Waals surface area contributed by atoms with Gasteiger partial charge in [-0.2, -0.15) is 0 Å². The third kappa shape index (κ3) is 5.69. The summed E-state index contributed by atoms with van der Waals surface area (Å²) < 4.78 is 61.5. The molecule has 1 aliphatic rings. The summed E-state index contributed by atoms with van der Waals surface area (Å²) in [6.45, 7) is 4.02. The molecule has 0 N–H and O–H groups in total. The Hall–Kier alpha value is -2.30. The molecule has 3 rings (SSSR count). The summed E-state index contributed by atoms with van der Waals surface area (Å²) in [5.41, 5.74) is -0.173. The largest absolute Gasteiger partial charge is 0.491 e. The molecule has 0 heterocycles. The van der Waals surface area contributed by atoms with Gasteiger partial charge in [0.15, 0.2) is 11.6 Å². The average molecular weight is 435 g/mol. The van der Waals surface area contributed by atoms with Crippen LogP contribution in [0.3, 0.4) is 0 Å². The molecule has 2 aromatic carbocycles. The van der Waals surface area contributed by atoms with Crippen LogP contribution in [0.15, 0.2) is 36.4 Å². The van der Waals surface area contributed by atoms with Crippen LogP contribution < -0.4 is 4.74 Å². The fraction of sp³-hybridized carbons (Fsp3) is 0.462. The third-order valence-electron chi connectivity index (χ3n) is 6.11. The zero-order valence-corrected chi connectivity index (χ0v) is 18.1. The van der Waals surface area contributed by atoms with E-state index < -0.39 is 23.6 Å². The molecule has 5 heteroatoms. The summed E-state index contributed by atoms with van der Waals surface area (Å²) in [7, 11) is 0. The number of hydrogen-bond donors (Lipinski definition) is 0. The van der Waals surface area contributed by atoms with Crippen LogP contribution in [0.25, 0.3) is 17.2 Å². The van der Waals surface area contributed by atoms with Crippen molar-refractivity contribution in [2.24, 2.45) is 11.8 Å². The first-order valence-corrected chi connectivity index (χ1v) is 11.2. The lowest BCUT2D eigenvalue weighted by Crippen LogP contribution is -2.12. The van der Waals surface area contributed by atoms with Crippen molar-refractivity contribution in [2.75, 3.05) is 6.61 Å². The van der Waals surface area contributed by atoms with Crippen LogP contribution in [0.1, 0.15) is 69.9 Å². The number of benzene rings is 2. The zero-order valence-electron chi connectivity index (χ0n) is 18.1. The Labute approximate surface area is 182 Å². The van der Waals surface area contributed by atoms with Gasteiger partial charge in [-0.1, -0.05) is 44.1 Å². The molecule has 168 valence electrons. The monoisotopic (exact) mass is 434 g/mol. The lowest BCUT2D eigenvalue weighted by Gasteiger charge is -2.26. The molecule has 0 saturated heterocycles. The maximum atomic E-state index is 14.7. The number of hydrogen-bond acceptors (Lipinski definition) is 1. The van der Waals surface area contributed by atoms with E-state index in [-0.39, 0.29) is 23.5 Å². The van der Waals surface area contributed by atoms with Crippen molar-refractivity contribution in [1.29, 1.82) is 0 Å². The highest BCUT2D eigenvalue weighted by atomic mass is 19.3. The molecule has 0 spiro atoms. The summed E-state index contributed by atoms with van der Waals surface area (Å²) in [6.07, 6.45) is 7.94. The number of alkyl halides is 2. The Bertz CT molecular complexity index is 899. The van der Waals surface area contributed by atoms with Gasteiger partial charge in [0.2, 0.25) is 0 Å². The molecule has 31 heavy (non-hydrogen) atoms. The highest BCUT2D eigenvalue weighted by Gasteiger charge is 2.23. The van der Waals surface area contributed by atoms with Crippen LogP contribution in [-0.4, -0.2) is 6.61 Å². The maximum Gasteiger partial charge on any atom is 0.267 e. The molecule has 0 aliphatic heterocycles. The van der Waals surface area contributed by atoms with Gasteiger partial charge >= 0.3 is 0 Å². The Balaban J connectivity index is 1.79. The number of rotatable bonds is 8. The second-order valence-electron chi connectivity index (χ2n) is 8.24. The van der Waals surface area contributed by atoms with Gasteiger partial charge in [-0.25, -0.2) is 17.6 Å². The highest BCUT2D eigenvalue weighted by Crippen LogP contribution is 2.38. The van der Waals surface area contributed by atoms with Gasteiger partial charge in [-0.15, -0.1) is 0 Å². The second kappa shape index (κ2) is 10.8. The van der Waals surface area contributed by atoms with Gasteiger partial charge < -0.3 is 4.74 Å². The maximum absolute atomic E-state index is 14.7. The van der Waals surface area contributed by atoms with E-state index >= 15 is 0 Å². The Kier molecular flexibility index (Phi) is 8.16. The summed E-state index contributed by atoms with van der Waals surface area (Å²) >= 11 is 0. The van der Waals surface area contributed by atoms with Crippen molar-refractivity contribution in [3.05, 3.63) is 59.2 Å². The van der Waals surface area contributed by atoms with E-state index in [1.807, 2.05) is 0 Å². The predicted molar refractivity (Wildman–Crippen MR) is 117 cm³/mol. The molecular formula is C26H30F4O. The van der Waals surface area contributed by atoms with Gasteiger partial charge in [0.25, 0.3) is 6.43 Å². The molecule has 1 aliphatic carbocycles. The fourth-order valence-electron chi connectivity index (χ4n) is 4.45. The Morgan fingerprint density at radius 3 is 2.39 bits per heavy atom. The topological polar surface area (TPSA) is 9.23 Å². The normalized spacial score (nSPS) is 19.3. The van der Waals surface area contributed by atoms with E-state index in [4.69, 9.17) is 4.74 Å². The second-order valence-corrected chi connectivity index (χ2v) is 8.24. The van der Waals surface area contributed by atoms with Crippen molar-refractivity contribution in [3.63, 3.8) is 0 Å². The van der Waals surface area contributed by atoms with Gasteiger partial charge in [0.1, 0.15) is 5.82 Å². The number of ether oxygens (including phenoxy) is 1. The quantitative estimate of drug-likeness (QED) is 0.378. The fourth-order valence-corrected chi connectivity index (χ4v) is 4.45. The number of halogens is 4. The molecule has 1 fully saturated rings. The summed E-state index contributed by atoms with van der Waals surface area (Å²) in [6, 6.07) is 6.98. The van der Waals surface area contributed by atoms with Crippen molar-refractivity contribution in [2.45, 2.75) is 58.8 Å². The van der Waals surface area contributed by atoms with Gasteiger partial charge in [-0.3, -0.25) is 0 Å². The van der Waals surface area contributed by atoms with E-state index in [1.54, 1.807) is 25.1 Å². The van der Waals surface area contributed by atoms with Crippen LogP contribution in [0.2, 0.25) is 0 Å². The molecule has 1 saturated carbocycles. The number of allylic oxidation sites excluding steroid dienone is 1. The van der Waals surface area contributed by atoms with E-state index in [1.165, 1.54) is 43.9 Å². The smallest absolute Gasteiger partial charge is 0.267 e. The molecule has 0 amide bonds. The zero-order chi connectivity index (χ0) is 22.4. The lowest BCUT2D eigenvalue weighted by molar-refractivity contribution is 0.145. The Morgan fingerprint density at radius 2 is 1.77 bits per heavy atom. The molecule has 0 radical (unpaired) electrons. The summed E-state index contributed by atoms with van der Waals surface area (Å²) in [5.74, 6) is -0.586. The minimum absolute atomic E-state index is 0.0281. The first-order chi connectivity index (χ1) is 14.9. The molecule has 0 atom stereocenters. The molecule has 2 aromatic rings. The van der Waals surface area contributed by atoms with Gasteiger partial charge in [0, 0.05) is 5.56 Å². The van der Waals surface area contributed by atoms with Crippen molar-refractivity contribution in [1.82, 2.24) is 0 Å². The van der Waals surface area contributed by atoms with Crippen molar-refractivity contribution >= 4 is 6.08 Å². The van der Waals surface area contributed by atoms with Crippen molar-refractivity contribution < 1.29 is 22.3 Å².